The number of hydrogen-bond donors (Lipinski definition) is 1. The Morgan fingerprint density at radius 1 is 1.11 bits per heavy atom. The highest BCUT2D eigenvalue weighted by Crippen LogP contribution is 2.36. The van der Waals surface area contributed by atoms with Crippen LogP contribution in [0.15, 0.2) is 54.6 Å². The molecule has 3 aromatic rings. The van der Waals surface area contributed by atoms with Gasteiger partial charge in [-0.25, -0.2) is 4.68 Å². The molecule has 0 bridgehead atoms. The number of nitrogens with zero attached hydrogens (tertiary/aromatic N) is 3. The first-order valence-corrected chi connectivity index (χ1v) is 13.1. The fourth-order valence-corrected chi connectivity index (χ4v) is 4.30. The van der Waals surface area contributed by atoms with Crippen LogP contribution in [0.25, 0.3) is 5.69 Å². The van der Waals surface area contributed by atoms with Gasteiger partial charge in [-0.3, -0.25) is 9.69 Å². The average Bonchev–Trinajstić information content (AvgIpc) is 3.72. The van der Waals surface area contributed by atoms with Gasteiger partial charge < -0.3 is 19.3 Å². The van der Waals surface area contributed by atoms with Crippen molar-refractivity contribution < 1.29 is 24.1 Å². The summed E-state index contributed by atoms with van der Waals surface area (Å²) in [6, 6.07) is 17.8. The molecule has 0 spiro atoms. The van der Waals surface area contributed by atoms with E-state index < -0.39 is 6.10 Å². The maximum absolute atomic E-state index is 11.8. The summed E-state index contributed by atoms with van der Waals surface area (Å²) in [4.78, 5) is 14.0. The molecule has 0 saturated heterocycles. The number of ether oxygens (including phenoxy) is 3. The lowest BCUT2D eigenvalue weighted by molar-refractivity contribution is -0.147. The summed E-state index contributed by atoms with van der Waals surface area (Å²) >= 11 is 0. The predicted molar refractivity (Wildman–Crippen MR) is 141 cm³/mol. The lowest BCUT2D eigenvalue weighted by Crippen LogP contribution is -2.36. The molecule has 0 unspecified atom stereocenters. The molecule has 1 aliphatic rings. The van der Waals surface area contributed by atoms with Crippen LogP contribution in [-0.4, -0.2) is 58.2 Å². The molecule has 8 nitrogen and oxygen atoms in total. The van der Waals surface area contributed by atoms with Crippen molar-refractivity contribution in [1.82, 2.24) is 14.7 Å². The Labute approximate surface area is 218 Å². The van der Waals surface area contributed by atoms with E-state index in [4.69, 9.17) is 19.3 Å². The third kappa shape index (κ3) is 7.11. The van der Waals surface area contributed by atoms with Crippen molar-refractivity contribution in [3.05, 3.63) is 65.9 Å². The van der Waals surface area contributed by atoms with Gasteiger partial charge in [-0.15, -0.1) is 0 Å². The molecule has 1 saturated carbocycles. The third-order valence-electron chi connectivity index (χ3n) is 6.39. The molecule has 0 aliphatic heterocycles. The van der Waals surface area contributed by atoms with Gasteiger partial charge in [0.2, 0.25) is 5.88 Å². The van der Waals surface area contributed by atoms with Gasteiger partial charge in [-0.05, 0) is 62.1 Å². The number of benzene rings is 2. The molecule has 1 N–H and O–H groups in total. The molecule has 0 radical (unpaired) electrons. The number of aliphatic hydroxyl groups excluding tert-OH is 1. The number of hydrogen-bond acceptors (Lipinski definition) is 7. The van der Waals surface area contributed by atoms with Crippen LogP contribution in [-0.2, 0) is 22.5 Å². The summed E-state index contributed by atoms with van der Waals surface area (Å²) in [7, 11) is 1.64. The molecule has 1 fully saturated rings. The summed E-state index contributed by atoms with van der Waals surface area (Å²) in [6.45, 7) is 5.00. The highest BCUT2D eigenvalue weighted by molar-refractivity contribution is 5.69. The third-order valence-corrected chi connectivity index (χ3v) is 6.39. The lowest BCUT2D eigenvalue weighted by Gasteiger charge is -2.25. The van der Waals surface area contributed by atoms with Crippen molar-refractivity contribution in [2.45, 2.75) is 64.6 Å². The van der Waals surface area contributed by atoms with Crippen molar-refractivity contribution in [2.75, 3.05) is 20.3 Å². The zero-order chi connectivity index (χ0) is 26.2. The van der Waals surface area contributed by atoms with Crippen molar-refractivity contribution in [3.63, 3.8) is 0 Å². The quantitative estimate of drug-likeness (QED) is 0.311. The van der Waals surface area contributed by atoms with Gasteiger partial charge in [0.05, 0.1) is 24.1 Å². The van der Waals surface area contributed by atoms with Gasteiger partial charge in [0.1, 0.15) is 24.2 Å². The second-order valence-corrected chi connectivity index (χ2v) is 9.36. The van der Waals surface area contributed by atoms with Crippen LogP contribution in [0.1, 0.15) is 50.8 Å². The zero-order valence-electron chi connectivity index (χ0n) is 21.9. The van der Waals surface area contributed by atoms with E-state index in [-0.39, 0.29) is 12.6 Å². The molecule has 1 atom stereocenters. The molecule has 1 heterocycles. The van der Waals surface area contributed by atoms with E-state index in [0.717, 1.165) is 48.4 Å². The lowest BCUT2D eigenvalue weighted by atomic mass is 10.1. The Hall–Kier alpha value is -3.36. The van der Waals surface area contributed by atoms with E-state index >= 15 is 0 Å². The Balaban J connectivity index is 1.61. The molecule has 8 heteroatoms. The van der Waals surface area contributed by atoms with Crippen LogP contribution in [0.4, 0.5) is 0 Å². The van der Waals surface area contributed by atoms with E-state index in [0.29, 0.717) is 37.2 Å². The number of carbonyl (C=O) groups is 1. The topological polar surface area (TPSA) is 86.1 Å². The van der Waals surface area contributed by atoms with Gasteiger partial charge in [-0.2, -0.15) is 5.10 Å². The van der Waals surface area contributed by atoms with E-state index in [1.807, 2.05) is 66.2 Å². The Morgan fingerprint density at radius 3 is 2.43 bits per heavy atom. The Bertz CT molecular complexity index is 1140. The molecular formula is C29H37N3O5. The minimum absolute atomic E-state index is 0.00116. The number of aryl methyl sites for hydroxylation is 1. The number of aliphatic hydroxyl groups is 1. The first-order valence-electron chi connectivity index (χ1n) is 13.1. The van der Waals surface area contributed by atoms with Crippen LogP contribution < -0.4 is 9.47 Å². The SMILES string of the molecule is CCCC(=O)OC[C@H](O)CN(Cc1c(CC)nn(-c2ccccc2)c1Oc1ccc(OC)cc1)C1CC1. The first kappa shape index (κ1) is 26.7. The van der Waals surface area contributed by atoms with Crippen LogP contribution in [0.2, 0.25) is 0 Å². The van der Waals surface area contributed by atoms with E-state index in [1.165, 1.54) is 0 Å². The van der Waals surface area contributed by atoms with Gasteiger partial charge in [0, 0.05) is 25.6 Å². The maximum Gasteiger partial charge on any atom is 0.305 e. The van der Waals surface area contributed by atoms with E-state index in [1.54, 1.807) is 7.11 Å². The largest absolute Gasteiger partial charge is 0.497 e. The summed E-state index contributed by atoms with van der Waals surface area (Å²) < 4.78 is 18.9. The number of methoxy groups -OCH3 is 1. The number of esters is 1. The average molecular weight is 508 g/mol. The van der Waals surface area contributed by atoms with Crippen LogP contribution >= 0.6 is 0 Å². The second kappa shape index (κ2) is 12.7. The van der Waals surface area contributed by atoms with E-state index in [9.17, 15) is 9.90 Å². The molecule has 4 rings (SSSR count). The summed E-state index contributed by atoms with van der Waals surface area (Å²) in [5, 5.41) is 15.6. The Kier molecular flexibility index (Phi) is 9.19. The predicted octanol–water partition coefficient (Wildman–Crippen LogP) is 4.90. The standard InChI is InChI=1S/C29H37N3O5/c1-4-9-28(34)36-20-23(33)18-31(21-12-13-21)19-26-27(5-2)30-32(22-10-7-6-8-11-22)29(26)37-25-16-14-24(35-3)15-17-25/h6-8,10-11,14-17,21,23,33H,4-5,9,12-13,18-20H2,1-3H3/t23-/m1/s1. The fourth-order valence-electron chi connectivity index (χ4n) is 4.30. The van der Waals surface area contributed by atoms with Crippen LogP contribution in [0.3, 0.4) is 0 Å². The van der Waals surface area contributed by atoms with Gasteiger partial charge in [0.25, 0.3) is 0 Å². The molecule has 1 aliphatic carbocycles. The minimum atomic E-state index is -0.762. The highest BCUT2D eigenvalue weighted by Gasteiger charge is 2.33. The minimum Gasteiger partial charge on any atom is -0.497 e. The first-order chi connectivity index (χ1) is 18.0. The van der Waals surface area contributed by atoms with Gasteiger partial charge in [-0.1, -0.05) is 32.0 Å². The molecule has 0 amide bonds. The van der Waals surface area contributed by atoms with Crippen molar-refractivity contribution in [3.8, 4) is 23.1 Å². The van der Waals surface area contributed by atoms with Crippen molar-refractivity contribution >= 4 is 5.97 Å². The molecule has 37 heavy (non-hydrogen) atoms. The molecule has 2 aromatic carbocycles. The smallest absolute Gasteiger partial charge is 0.305 e. The molecular weight excluding hydrogens is 470 g/mol. The van der Waals surface area contributed by atoms with E-state index in [2.05, 4.69) is 11.8 Å². The van der Waals surface area contributed by atoms with Crippen molar-refractivity contribution in [1.29, 1.82) is 0 Å². The van der Waals surface area contributed by atoms with Gasteiger partial charge in [0.15, 0.2) is 0 Å². The number of para-hydroxylation sites is 1. The number of carbonyl (C=O) groups excluding carboxylic acids is 1. The number of rotatable bonds is 14. The summed E-state index contributed by atoms with van der Waals surface area (Å²) in [6.07, 6.45) is 3.22. The summed E-state index contributed by atoms with van der Waals surface area (Å²) in [5.41, 5.74) is 2.85. The highest BCUT2D eigenvalue weighted by atomic mass is 16.5. The summed E-state index contributed by atoms with van der Waals surface area (Å²) in [5.74, 6) is 1.82. The van der Waals surface area contributed by atoms with Gasteiger partial charge >= 0.3 is 5.97 Å². The van der Waals surface area contributed by atoms with Crippen LogP contribution in [0, 0.1) is 0 Å². The monoisotopic (exact) mass is 507 g/mol. The molecule has 198 valence electrons. The fraction of sp³-hybridized carbons (Fsp3) is 0.448. The number of aromatic nitrogens is 2. The zero-order valence-corrected chi connectivity index (χ0v) is 21.9. The van der Waals surface area contributed by atoms with Crippen LogP contribution in [0.5, 0.6) is 17.4 Å². The Morgan fingerprint density at radius 2 is 1.81 bits per heavy atom. The van der Waals surface area contributed by atoms with Crippen molar-refractivity contribution in [2.24, 2.45) is 0 Å². The normalized spacial score (nSPS) is 14.0. The second-order valence-electron chi connectivity index (χ2n) is 9.36. The maximum atomic E-state index is 11.8. The molecule has 1 aromatic heterocycles.